The molecular formula is C11H10F12O2. The molecule has 0 saturated carbocycles. The van der Waals surface area contributed by atoms with Crippen molar-refractivity contribution in [3.63, 3.8) is 0 Å². The first kappa shape index (κ1) is 22.1. The van der Waals surface area contributed by atoms with E-state index in [1.54, 1.807) is 0 Å². The van der Waals surface area contributed by atoms with Gasteiger partial charge in [-0.15, -0.1) is 0 Å². The summed E-state index contributed by atoms with van der Waals surface area (Å²) in [5.41, 5.74) is 0. The van der Waals surface area contributed by atoms with Crippen molar-refractivity contribution < 1.29 is 62.2 Å². The maximum atomic E-state index is 13.3. The van der Waals surface area contributed by atoms with Crippen molar-refractivity contribution >= 4 is 0 Å². The van der Waals surface area contributed by atoms with Gasteiger partial charge in [0.15, 0.2) is 6.17 Å². The summed E-state index contributed by atoms with van der Waals surface area (Å²) in [5, 5.41) is 0. The Kier molecular flexibility index (Phi) is 5.90. The first-order valence-electron chi connectivity index (χ1n) is 6.43. The van der Waals surface area contributed by atoms with Gasteiger partial charge in [-0.2, -0.15) is 48.3 Å². The van der Waals surface area contributed by atoms with Crippen LogP contribution in [-0.2, 0) is 9.47 Å². The lowest BCUT2D eigenvalue weighted by molar-refractivity contribution is -0.432. The SMILES string of the molecule is FC(CCC(F)(F)F)C(F)(F)C(F)(F)C(F)(F)C(F)(F)OCC1CO1. The van der Waals surface area contributed by atoms with Gasteiger partial charge in [-0.05, 0) is 6.42 Å². The number of rotatable bonds is 9. The topological polar surface area (TPSA) is 21.8 Å². The average Bonchev–Trinajstić information content (AvgIpc) is 3.25. The molecule has 0 N–H and O–H groups in total. The Hall–Kier alpha value is -0.920. The summed E-state index contributed by atoms with van der Waals surface area (Å²) in [6.45, 7) is -1.56. The van der Waals surface area contributed by atoms with Crippen LogP contribution in [0.5, 0.6) is 0 Å². The summed E-state index contributed by atoms with van der Waals surface area (Å²) < 4.78 is 162. The molecule has 2 nitrogen and oxygen atoms in total. The van der Waals surface area contributed by atoms with Crippen LogP contribution in [0.1, 0.15) is 12.8 Å². The van der Waals surface area contributed by atoms with Crippen molar-refractivity contribution in [2.24, 2.45) is 0 Å². The van der Waals surface area contributed by atoms with E-state index in [9.17, 15) is 52.7 Å². The fraction of sp³-hybridized carbons (Fsp3) is 1.00. The minimum atomic E-state index is -7.04. The van der Waals surface area contributed by atoms with Crippen LogP contribution < -0.4 is 0 Å². The first-order chi connectivity index (χ1) is 11.0. The van der Waals surface area contributed by atoms with Crippen LogP contribution in [0.25, 0.3) is 0 Å². The summed E-state index contributed by atoms with van der Waals surface area (Å²) in [6, 6.07) is 0. The van der Waals surface area contributed by atoms with E-state index in [0.717, 1.165) is 0 Å². The van der Waals surface area contributed by atoms with E-state index in [-0.39, 0.29) is 6.61 Å². The van der Waals surface area contributed by atoms with Gasteiger partial charge in [0.25, 0.3) is 0 Å². The summed E-state index contributed by atoms with van der Waals surface area (Å²) in [7, 11) is 0. The van der Waals surface area contributed by atoms with Gasteiger partial charge < -0.3 is 9.47 Å². The third-order valence-corrected chi connectivity index (χ3v) is 3.11. The Morgan fingerprint density at radius 3 is 1.76 bits per heavy atom. The molecule has 1 aliphatic rings. The zero-order chi connectivity index (χ0) is 19.9. The van der Waals surface area contributed by atoms with Crippen LogP contribution in [0.4, 0.5) is 52.7 Å². The van der Waals surface area contributed by atoms with Gasteiger partial charge in [0.2, 0.25) is 0 Å². The molecule has 25 heavy (non-hydrogen) atoms. The molecule has 0 bridgehead atoms. The van der Waals surface area contributed by atoms with E-state index >= 15 is 0 Å². The molecule has 1 heterocycles. The van der Waals surface area contributed by atoms with Crippen LogP contribution in [0.2, 0.25) is 0 Å². The van der Waals surface area contributed by atoms with Gasteiger partial charge in [-0.3, -0.25) is 0 Å². The second-order valence-corrected chi connectivity index (χ2v) is 5.18. The third kappa shape index (κ3) is 4.63. The van der Waals surface area contributed by atoms with Crippen LogP contribution in [0.15, 0.2) is 0 Å². The Morgan fingerprint density at radius 1 is 0.880 bits per heavy atom. The molecule has 0 aromatic rings. The molecule has 14 heteroatoms. The molecule has 0 radical (unpaired) electrons. The normalized spacial score (nSPS) is 21.4. The lowest BCUT2D eigenvalue weighted by atomic mass is 9.96. The lowest BCUT2D eigenvalue weighted by Gasteiger charge is -2.37. The molecule has 2 atom stereocenters. The van der Waals surface area contributed by atoms with E-state index in [2.05, 4.69) is 9.47 Å². The van der Waals surface area contributed by atoms with Gasteiger partial charge in [0, 0.05) is 6.42 Å². The van der Waals surface area contributed by atoms with Crippen molar-refractivity contribution in [2.75, 3.05) is 13.2 Å². The van der Waals surface area contributed by atoms with Gasteiger partial charge in [-0.25, -0.2) is 4.39 Å². The van der Waals surface area contributed by atoms with Gasteiger partial charge >= 0.3 is 30.1 Å². The Bertz CT molecular complexity index is 456. The maximum absolute atomic E-state index is 13.3. The highest BCUT2D eigenvalue weighted by atomic mass is 19.4. The smallest absolute Gasteiger partial charge is 0.371 e. The monoisotopic (exact) mass is 402 g/mol. The molecule has 0 aromatic heterocycles. The van der Waals surface area contributed by atoms with E-state index in [1.807, 2.05) is 0 Å². The van der Waals surface area contributed by atoms with Crippen molar-refractivity contribution in [1.82, 2.24) is 0 Å². The van der Waals surface area contributed by atoms with E-state index in [4.69, 9.17) is 0 Å². The number of hydrogen-bond donors (Lipinski definition) is 0. The van der Waals surface area contributed by atoms with Crippen molar-refractivity contribution in [2.45, 2.75) is 55.2 Å². The maximum Gasteiger partial charge on any atom is 0.426 e. The minimum Gasteiger partial charge on any atom is -0.371 e. The van der Waals surface area contributed by atoms with Gasteiger partial charge in [0.1, 0.15) is 6.10 Å². The van der Waals surface area contributed by atoms with Gasteiger partial charge in [-0.1, -0.05) is 0 Å². The van der Waals surface area contributed by atoms with Crippen LogP contribution in [-0.4, -0.2) is 55.5 Å². The Morgan fingerprint density at radius 2 is 1.36 bits per heavy atom. The standard InChI is InChI=1S/C11H10F12O2/c12-6(1-2-7(13,14)15)8(16,17)9(18,19)10(20,21)11(22,23)25-4-5-3-24-5/h5-6H,1-4H2. The fourth-order valence-corrected chi connectivity index (χ4v) is 1.51. The highest BCUT2D eigenvalue weighted by Crippen LogP contribution is 2.55. The van der Waals surface area contributed by atoms with Crippen molar-refractivity contribution in [3.8, 4) is 0 Å². The third-order valence-electron chi connectivity index (χ3n) is 3.11. The quantitative estimate of drug-likeness (QED) is 0.416. The van der Waals surface area contributed by atoms with Crippen LogP contribution in [0.3, 0.4) is 0 Å². The first-order valence-corrected chi connectivity index (χ1v) is 6.43. The molecule has 0 aliphatic carbocycles. The summed E-state index contributed by atoms with van der Waals surface area (Å²) in [6.07, 6.45) is -21.7. The number of hydrogen-bond acceptors (Lipinski definition) is 2. The summed E-state index contributed by atoms with van der Waals surface area (Å²) >= 11 is 0. The molecule has 0 aromatic carbocycles. The van der Waals surface area contributed by atoms with Crippen LogP contribution in [0, 0.1) is 0 Å². The number of alkyl halides is 12. The predicted octanol–water partition coefficient (Wildman–Crippen LogP) is 4.58. The number of halogens is 12. The van der Waals surface area contributed by atoms with Gasteiger partial charge in [0.05, 0.1) is 13.2 Å². The molecular weight excluding hydrogens is 392 g/mol. The molecule has 2 unspecified atom stereocenters. The molecule has 1 rings (SSSR count). The zero-order valence-electron chi connectivity index (χ0n) is 11.8. The Balaban J connectivity index is 2.95. The highest BCUT2D eigenvalue weighted by Gasteiger charge is 2.83. The average molecular weight is 402 g/mol. The fourth-order valence-electron chi connectivity index (χ4n) is 1.51. The largest absolute Gasteiger partial charge is 0.426 e. The molecule has 0 amide bonds. The second-order valence-electron chi connectivity index (χ2n) is 5.18. The zero-order valence-corrected chi connectivity index (χ0v) is 11.8. The molecule has 0 spiro atoms. The molecule has 150 valence electrons. The summed E-state index contributed by atoms with van der Waals surface area (Å²) in [5.74, 6) is -20.5. The van der Waals surface area contributed by atoms with E-state index in [0.29, 0.717) is 0 Å². The van der Waals surface area contributed by atoms with Crippen LogP contribution >= 0.6 is 0 Å². The van der Waals surface area contributed by atoms with E-state index < -0.39 is 61.8 Å². The second kappa shape index (κ2) is 6.67. The number of epoxide rings is 1. The summed E-state index contributed by atoms with van der Waals surface area (Å²) in [4.78, 5) is 0. The lowest BCUT2D eigenvalue weighted by Crippen LogP contribution is -2.65. The van der Waals surface area contributed by atoms with Crippen molar-refractivity contribution in [1.29, 1.82) is 0 Å². The van der Waals surface area contributed by atoms with E-state index in [1.165, 1.54) is 0 Å². The predicted molar refractivity (Wildman–Crippen MR) is 55.7 cm³/mol. The molecule has 1 aliphatic heterocycles. The minimum absolute atomic E-state index is 0.224. The molecule has 1 fully saturated rings. The highest BCUT2D eigenvalue weighted by molar-refractivity contribution is 5.04. The molecule has 1 saturated heterocycles. The number of ether oxygens (including phenoxy) is 2. The van der Waals surface area contributed by atoms with Crippen molar-refractivity contribution in [3.05, 3.63) is 0 Å². The Labute approximate surface area is 132 Å².